The SMILES string of the molecule is CC1CCCC1(CN)N1CCc2ccccc21. The number of nitrogens with two attached hydrogens (primary N) is 1. The topological polar surface area (TPSA) is 29.3 Å². The van der Waals surface area contributed by atoms with E-state index in [9.17, 15) is 0 Å². The monoisotopic (exact) mass is 230 g/mol. The van der Waals surface area contributed by atoms with Crippen LogP contribution in [0, 0.1) is 5.92 Å². The number of rotatable bonds is 2. The quantitative estimate of drug-likeness (QED) is 0.846. The fourth-order valence-electron chi connectivity index (χ4n) is 3.84. The summed E-state index contributed by atoms with van der Waals surface area (Å²) in [4.78, 5) is 2.61. The molecule has 3 rings (SSSR count). The van der Waals surface area contributed by atoms with Crippen molar-refractivity contribution in [3.8, 4) is 0 Å². The first kappa shape index (κ1) is 11.1. The fourth-order valence-corrected chi connectivity index (χ4v) is 3.84. The number of fused-ring (bicyclic) bond motifs is 1. The standard InChI is InChI=1S/C15H22N2/c1-12-5-4-9-15(12,11-16)17-10-8-13-6-2-3-7-14(13)17/h2-3,6-7,12H,4-5,8-11,16H2,1H3. The molecule has 0 aromatic heterocycles. The molecule has 1 fully saturated rings. The molecule has 0 bridgehead atoms. The zero-order valence-electron chi connectivity index (χ0n) is 10.7. The summed E-state index contributed by atoms with van der Waals surface area (Å²) in [5.41, 5.74) is 9.32. The van der Waals surface area contributed by atoms with Crippen LogP contribution in [-0.4, -0.2) is 18.6 Å². The molecule has 2 unspecified atom stereocenters. The van der Waals surface area contributed by atoms with Gasteiger partial charge in [0.15, 0.2) is 0 Å². The maximum absolute atomic E-state index is 6.15. The molecule has 17 heavy (non-hydrogen) atoms. The van der Waals surface area contributed by atoms with Crippen LogP contribution in [-0.2, 0) is 6.42 Å². The molecule has 2 atom stereocenters. The molecule has 0 spiro atoms. The minimum absolute atomic E-state index is 0.229. The summed E-state index contributed by atoms with van der Waals surface area (Å²) in [6, 6.07) is 8.83. The molecule has 1 saturated carbocycles. The van der Waals surface area contributed by atoms with Crippen LogP contribution < -0.4 is 10.6 Å². The molecule has 1 aromatic carbocycles. The number of benzene rings is 1. The van der Waals surface area contributed by atoms with Crippen molar-refractivity contribution in [3.05, 3.63) is 29.8 Å². The number of hydrogen-bond acceptors (Lipinski definition) is 2. The minimum Gasteiger partial charge on any atom is -0.364 e. The molecule has 2 heteroatoms. The fraction of sp³-hybridized carbons (Fsp3) is 0.600. The van der Waals surface area contributed by atoms with E-state index < -0.39 is 0 Å². The Morgan fingerprint density at radius 3 is 2.94 bits per heavy atom. The lowest BCUT2D eigenvalue weighted by atomic mass is 9.86. The Labute approximate surface area is 104 Å². The van der Waals surface area contributed by atoms with Crippen LogP contribution in [0.2, 0.25) is 0 Å². The summed E-state index contributed by atoms with van der Waals surface area (Å²) in [5, 5.41) is 0. The van der Waals surface area contributed by atoms with E-state index in [0.717, 1.165) is 19.0 Å². The van der Waals surface area contributed by atoms with Crippen molar-refractivity contribution in [2.75, 3.05) is 18.0 Å². The van der Waals surface area contributed by atoms with E-state index in [1.165, 1.54) is 36.9 Å². The second kappa shape index (κ2) is 4.02. The summed E-state index contributed by atoms with van der Waals surface area (Å²) in [5.74, 6) is 0.721. The Morgan fingerprint density at radius 1 is 1.41 bits per heavy atom. The maximum atomic E-state index is 6.15. The molecular weight excluding hydrogens is 208 g/mol. The van der Waals surface area contributed by atoms with E-state index in [1.807, 2.05) is 0 Å². The van der Waals surface area contributed by atoms with Crippen molar-refractivity contribution >= 4 is 5.69 Å². The second-order valence-electron chi connectivity index (χ2n) is 5.63. The average molecular weight is 230 g/mol. The van der Waals surface area contributed by atoms with Crippen LogP contribution in [0.25, 0.3) is 0 Å². The van der Waals surface area contributed by atoms with E-state index in [0.29, 0.717) is 0 Å². The zero-order chi connectivity index (χ0) is 11.9. The van der Waals surface area contributed by atoms with Gasteiger partial charge in [0.05, 0.1) is 5.54 Å². The van der Waals surface area contributed by atoms with Crippen molar-refractivity contribution in [2.24, 2.45) is 11.7 Å². The third-order valence-electron chi connectivity index (χ3n) is 4.94. The Morgan fingerprint density at radius 2 is 2.24 bits per heavy atom. The van der Waals surface area contributed by atoms with Gasteiger partial charge in [-0.3, -0.25) is 0 Å². The van der Waals surface area contributed by atoms with Gasteiger partial charge < -0.3 is 10.6 Å². The van der Waals surface area contributed by atoms with E-state index in [-0.39, 0.29) is 5.54 Å². The van der Waals surface area contributed by atoms with Crippen molar-refractivity contribution in [2.45, 2.75) is 38.1 Å². The highest BCUT2D eigenvalue weighted by atomic mass is 15.2. The van der Waals surface area contributed by atoms with Crippen LogP contribution >= 0.6 is 0 Å². The predicted molar refractivity (Wildman–Crippen MR) is 72.3 cm³/mol. The molecule has 0 saturated heterocycles. The highest BCUT2D eigenvalue weighted by Gasteiger charge is 2.45. The summed E-state index contributed by atoms with van der Waals surface area (Å²) in [6.07, 6.45) is 5.11. The zero-order valence-corrected chi connectivity index (χ0v) is 10.7. The van der Waals surface area contributed by atoms with Crippen molar-refractivity contribution < 1.29 is 0 Å². The van der Waals surface area contributed by atoms with Gasteiger partial charge in [0, 0.05) is 18.8 Å². The summed E-state index contributed by atoms with van der Waals surface area (Å²) in [7, 11) is 0. The van der Waals surface area contributed by atoms with Gasteiger partial charge in [0.2, 0.25) is 0 Å². The molecule has 1 aliphatic carbocycles. The Balaban J connectivity index is 2.00. The van der Waals surface area contributed by atoms with Gasteiger partial charge in [-0.25, -0.2) is 0 Å². The normalized spacial score (nSPS) is 31.9. The predicted octanol–water partition coefficient (Wildman–Crippen LogP) is 2.57. The van der Waals surface area contributed by atoms with E-state index in [2.05, 4.69) is 36.1 Å². The summed E-state index contributed by atoms with van der Waals surface area (Å²) >= 11 is 0. The molecule has 0 radical (unpaired) electrons. The Hall–Kier alpha value is -1.02. The first-order valence-corrected chi connectivity index (χ1v) is 6.83. The van der Waals surface area contributed by atoms with Crippen LogP contribution in [0.3, 0.4) is 0 Å². The molecule has 0 amide bonds. The molecule has 1 aromatic rings. The van der Waals surface area contributed by atoms with Gasteiger partial charge in [-0.05, 0) is 36.8 Å². The van der Waals surface area contributed by atoms with Crippen molar-refractivity contribution in [1.29, 1.82) is 0 Å². The van der Waals surface area contributed by atoms with Crippen LogP contribution in [0.5, 0.6) is 0 Å². The molecular formula is C15H22N2. The molecule has 2 N–H and O–H groups in total. The van der Waals surface area contributed by atoms with Crippen LogP contribution in [0.15, 0.2) is 24.3 Å². The van der Waals surface area contributed by atoms with Gasteiger partial charge in [-0.2, -0.15) is 0 Å². The number of anilines is 1. The average Bonchev–Trinajstić information content (AvgIpc) is 2.93. The van der Waals surface area contributed by atoms with Crippen molar-refractivity contribution in [3.63, 3.8) is 0 Å². The van der Waals surface area contributed by atoms with Gasteiger partial charge in [-0.15, -0.1) is 0 Å². The minimum atomic E-state index is 0.229. The number of para-hydroxylation sites is 1. The molecule has 2 aliphatic rings. The highest BCUT2D eigenvalue weighted by Crippen LogP contribution is 2.44. The number of nitrogens with zero attached hydrogens (tertiary/aromatic N) is 1. The lowest BCUT2D eigenvalue weighted by molar-refractivity contribution is 0.323. The van der Waals surface area contributed by atoms with Gasteiger partial charge in [-0.1, -0.05) is 31.5 Å². The molecule has 1 heterocycles. The van der Waals surface area contributed by atoms with E-state index in [4.69, 9.17) is 5.73 Å². The van der Waals surface area contributed by atoms with E-state index in [1.54, 1.807) is 0 Å². The van der Waals surface area contributed by atoms with E-state index >= 15 is 0 Å². The third-order valence-corrected chi connectivity index (χ3v) is 4.94. The van der Waals surface area contributed by atoms with Gasteiger partial charge >= 0.3 is 0 Å². The van der Waals surface area contributed by atoms with Gasteiger partial charge in [0.25, 0.3) is 0 Å². The van der Waals surface area contributed by atoms with Crippen molar-refractivity contribution in [1.82, 2.24) is 0 Å². The summed E-state index contributed by atoms with van der Waals surface area (Å²) in [6.45, 7) is 4.32. The Bertz CT molecular complexity index is 415. The first-order chi connectivity index (χ1) is 8.28. The van der Waals surface area contributed by atoms with Gasteiger partial charge in [0.1, 0.15) is 0 Å². The smallest absolute Gasteiger partial charge is 0.0549 e. The molecule has 1 aliphatic heterocycles. The molecule has 2 nitrogen and oxygen atoms in total. The third kappa shape index (κ3) is 1.50. The second-order valence-corrected chi connectivity index (χ2v) is 5.63. The molecule has 92 valence electrons. The largest absolute Gasteiger partial charge is 0.364 e. The number of hydrogen-bond donors (Lipinski definition) is 1. The summed E-state index contributed by atoms with van der Waals surface area (Å²) < 4.78 is 0. The lowest BCUT2D eigenvalue weighted by Crippen LogP contribution is -2.55. The maximum Gasteiger partial charge on any atom is 0.0549 e. The lowest BCUT2D eigenvalue weighted by Gasteiger charge is -2.43. The van der Waals surface area contributed by atoms with Crippen LogP contribution in [0.1, 0.15) is 31.7 Å². The Kier molecular flexibility index (Phi) is 2.62. The first-order valence-electron chi connectivity index (χ1n) is 6.83. The van der Waals surface area contributed by atoms with Crippen LogP contribution in [0.4, 0.5) is 5.69 Å². The highest BCUT2D eigenvalue weighted by molar-refractivity contribution is 5.60.